The Morgan fingerprint density at radius 3 is 2.32 bits per heavy atom. The number of likely N-dealkylation sites (N-methyl/N-ethyl adjacent to an activating group) is 1. The fraction of sp³-hybridized carbons (Fsp3) is 0.296. The monoisotopic (exact) mass is 508 g/mol. The van der Waals surface area contributed by atoms with Gasteiger partial charge >= 0.3 is 0 Å². The fourth-order valence-corrected chi connectivity index (χ4v) is 6.14. The van der Waals surface area contributed by atoms with Crippen LogP contribution in [0.25, 0.3) is 16.9 Å². The molecular formula is C27H25FN2O7. The predicted octanol–water partition coefficient (Wildman–Crippen LogP) is 1.77. The van der Waals surface area contributed by atoms with Crippen molar-refractivity contribution in [3.8, 4) is 16.9 Å². The summed E-state index contributed by atoms with van der Waals surface area (Å²) in [6.45, 7) is 0. The van der Waals surface area contributed by atoms with Crippen molar-refractivity contribution in [2.45, 2.75) is 24.5 Å². The number of carbonyl (C=O) groups is 3. The molecule has 37 heavy (non-hydrogen) atoms. The number of benzene rings is 2. The lowest BCUT2D eigenvalue weighted by atomic mass is 9.57. The van der Waals surface area contributed by atoms with Gasteiger partial charge < -0.3 is 26.2 Å². The second kappa shape index (κ2) is 8.25. The number of carbonyl (C=O) groups excluding carboxylic acids is 3. The second-order valence-electron chi connectivity index (χ2n) is 9.95. The Morgan fingerprint density at radius 1 is 1.08 bits per heavy atom. The number of phenolic OH excluding ortho intramolecular Hbond substituents is 1. The van der Waals surface area contributed by atoms with Crippen LogP contribution in [0.1, 0.15) is 17.5 Å². The van der Waals surface area contributed by atoms with Crippen LogP contribution < -0.4 is 5.73 Å². The minimum absolute atomic E-state index is 0.00965. The van der Waals surface area contributed by atoms with Crippen molar-refractivity contribution >= 4 is 23.2 Å². The van der Waals surface area contributed by atoms with E-state index in [4.69, 9.17) is 5.73 Å². The van der Waals surface area contributed by atoms with E-state index in [1.165, 1.54) is 37.2 Å². The second-order valence-corrected chi connectivity index (χ2v) is 9.95. The van der Waals surface area contributed by atoms with E-state index in [9.17, 15) is 39.2 Å². The van der Waals surface area contributed by atoms with Crippen LogP contribution in [0.5, 0.6) is 5.75 Å². The van der Waals surface area contributed by atoms with Gasteiger partial charge in [0.25, 0.3) is 5.91 Å². The van der Waals surface area contributed by atoms with Crippen molar-refractivity contribution in [2.24, 2.45) is 17.6 Å². The number of nitrogens with two attached hydrogens (primary N) is 1. The van der Waals surface area contributed by atoms with E-state index in [0.717, 1.165) is 0 Å². The quantitative estimate of drug-likeness (QED) is 0.392. The summed E-state index contributed by atoms with van der Waals surface area (Å²) in [6.07, 6.45) is 0.139. The van der Waals surface area contributed by atoms with Gasteiger partial charge in [-0.05, 0) is 67.7 Å². The lowest BCUT2D eigenvalue weighted by Gasteiger charge is -2.50. The average molecular weight is 509 g/mol. The maximum Gasteiger partial charge on any atom is 0.255 e. The zero-order valence-electron chi connectivity index (χ0n) is 20.0. The third-order valence-electron chi connectivity index (χ3n) is 7.76. The third-order valence-corrected chi connectivity index (χ3v) is 7.76. The summed E-state index contributed by atoms with van der Waals surface area (Å²) in [6, 6.07) is 7.48. The molecule has 2 aromatic carbocycles. The first-order valence-electron chi connectivity index (χ1n) is 11.6. The van der Waals surface area contributed by atoms with Crippen LogP contribution in [0.4, 0.5) is 4.39 Å². The van der Waals surface area contributed by atoms with Crippen LogP contribution in [-0.4, -0.2) is 68.5 Å². The predicted molar refractivity (Wildman–Crippen MR) is 130 cm³/mol. The van der Waals surface area contributed by atoms with Crippen molar-refractivity contribution in [1.29, 1.82) is 0 Å². The van der Waals surface area contributed by atoms with Crippen molar-refractivity contribution in [1.82, 2.24) is 4.90 Å². The van der Waals surface area contributed by atoms with Crippen molar-refractivity contribution in [3.63, 3.8) is 0 Å². The Balaban J connectivity index is 1.74. The van der Waals surface area contributed by atoms with Crippen LogP contribution >= 0.6 is 0 Å². The molecule has 0 spiro atoms. The van der Waals surface area contributed by atoms with Gasteiger partial charge in [0.05, 0.1) is 11.6 Å². The number of aliphatic hydroxyl groups excluding tert-OH is 2. The maximum atomic E-state index is 13.8. The van der Waals surface area contributed by atoms with E-state index in [1.807, 2.05) is 0 Å². The first kappa shape index (κ1) is 24.7. The Hall–Kier alpha value is -4.02. The molecule has 2 aromatic rings. The van der Waals surface area contributed by atoms with Gasteiger partial charge in [0, 0.05) is 11.5 Å². The molecule has 3 aliphatic rings. The molecule has 6 N–H and O–H groups in total. The molecule has 0 aromatic heterocycles. The Kier molecular flexibility index (Phi) is 5.50. The Labute approximate surface area is 210 Å². The molecule has 0 aliphatic heterocycles. The van der Waals surface area contributed by atoms with Crippen molar-refractivity contribution in [2.75, 3.05) is 14.1 Å². The number of halogens is 1. The number of Topliss-reactive ketones (excluding diaryl/α,β-unsaturated/α-hetero) is 2. The normalized spacial score (nSPS) is 27.2. The zero-order chi connectivity index (χ0) is 27.0. The van der Waals surface area contributed by atoms with Crippen LogP contribution in [0, 0.1) is 17.7 Å². The van der Waals surface area contributed by atoms with Gasteiger partial charge in [0.1, 0.15) is 28.7 Å². The number of fused-ring (bicyclic) bond motifs is 3. The molecule has 0 bridgehead atoms. The maximum absolute atomic E-state index is 13.8. The van der Waals surface area contributed by atoms with E-state index >= 15 is 0 Å². The highest BCUT2D eigenvalue weighted by atomic mass is 19.1. The highest BCUT2D eigenvalue weighted by Gasteiger charge is 2.64. The van der Waals surface area contributed by atoms with Crippen LogP contribution in [0.3, 0.4) is 0 Å². The number of nitrogens with zero attached hydrogens (tertiary/aromatic N) is 1. The number of aliphatic hydroxyl groups is 3. The fourth-order valence-electron chi connectivity index (χ4n) is 6.14. The molecule has 10 heteroatoms. The van der Waals surface area contributed by atoms with Gasteiger partial charge in [0.2, 0.25) is 5.78 Å². The van der Waals surface area contributed by atoms with E-state index in [1.54, 1.807) is 18.2 Å². The molecule has 0 heterocycles. The average Bonchev–Trinajstić information content (AvgIpc) is 2.82. The molecule has 0 radical (unpaired) electrons. The first-order valence-corrected chi connectivity index (χ1v) is 11.6. The number of rotatable bonds is 3. The lowest BCUT2D eigenvalue weighted by Crippen LogP contribution is -2.65. The molecule has 1 fully saturated rings. The van der Waals surface area contributed by atoms with Gasteiger partial charge in [-0.3, -0.25) is 19.3 Å². The largest absolute Gasteiger partial charge is 0.508 e. The minimum atomic E-state index is -2.69. The number of primary amides is 1. The van der Waals surface area contributed by atoms with Gasteiger partial charge in [-0.2, -0.15) is 0 Å². The van der Waals surface area contributed by atoms with E-state index in [0.29, 0.717) is 16.7 Å². The lowest BCUT2D eigenvalue weighted by molar-refractivity contribution is -0.153. The van der Waals surface area contributed by atoms with E-state index in [-0.39, 0.29) is 29.7 Å². The SMILES string of the molecule is CN(C)[C@@H]1C(=O)C(C(N)=O)=C(O)[C@@]2(O)C(=O)C3=C(O)c4c(O)ccc(-c5ccc(F)cc5)c4CC3CC12. The van der Waals surface area contributed by atoms with Gasteiger partial charge in [-0.25, -0.2) is 4.39 Å². The molecule has 3 aliphatic carbocycles. The van der Waals surface area contributed by atoms with Crippen LogP contribution in [0.15, 0.2) is 53.3 Å². The molecule has 1 amide bonds. The summed E-state index contributed by atoms with van der Waals surface area (Å²) in [7, 11) is 3.08. The molecule has 192 valence electrons. The molecule has 1 saturated carbocycles. The Morgan fingerprint density at radius 2 is 1.73 bits per heavy atom. The van der Waals surface area contributed by atoms with Gasteiger partial charge in [0.15, 0.2) is 11.4 Å². The minimum Gasteiger partial charge on any atom is -0.508 e. The number of aromatic hydroxyl groups is 1. The summed E-state index contributed by atoms with van der Waals surface area (Å²) in [5, 5.41) is 44.4. The molecule has 9 nitrogen and oxygen atoms in total. The van der Waals surface area contributed by atoms with Crippen molar-refractivity contribution < 1.29 is 39.2 Å². The summed E-state index contributed by atoms with van der Waals surface area (Å²) in [5.74, 6) is -7.46. The summed E-state index contributed by atoms with van der Waals surface area (Å²) in [5.41, 5.74) is 3.28. The number of hydrogen-bond donors (Lipinski definition) is 5. The van der Waals surface area contributed by atoms with E-state index < -0.39 is 63.9 Å². The van der Waals surface area contributed by atoms with E-state index in [2.05, 4.69) is 0 Å². The highest BCUT2D eigenvalue weighted by Crippen LogP contribution is 2.53. The molecule has 0 saturated heterocycles. The molecular weight excluding hydrogens is 483 g/mol. The highest BCUT2D eigenvalue weighted by molar-refractivity contribution is 6.24. The van der Waals surface area contributed by atoms with Crippen LogP contribution in [-0.2, 0) is 20.8 Å². The number of ketones is 2. The zero-order valence-corrected chi connectivity index (χ0v) is 20.0. The smallest absolute Gasteiger partial charge is 0.255 e. The summed E-state index contributed by atoms with van der Waals surface area (Å²) < 4.78 is 13.5. The third kappa shape index (κ3) is 3.32. The summed E-state index contributed by atoms with van der Waals surface area (Å²) >= 11 is 0. The molecule has 2 unspecified atom stereocenters. The standard InChI is InChI=1S/C27H25FN2O7/c1-30(2)21-16-10-12-9-15-14(11-3-5-13(28)6-4-11)7-8-17(31)19(15)22(32)18(12)24(34)27(16,37)25(35)20(23(21)33)26(29)36/h3-8,12,16,21,31-32,35,37H,9-10H2,1-2H3,(H2,29,36)/t12?,16?,21-,27-/m0/s1. The Bertz CT molecular complexity index is 1440. The van der Waals surface area contributed by atoms with Gasteiger partial charge in [-0.15, -0.1) is 0 Å². The van der Waals surface area contributed by atoms with Crippen LogP contribution in [0.2, 0.25) is 0 Å². The van der Waals surface area contributed by atoms with Gasteiger partial charge in [-0.1, -0.05) is 18.2 Å². The number of phenols is 1. The molecule has 4 atom stereocenters. The molecule has 5 rings (SSSR count). The van der Waals surface area contributed by atoms with Crippen molar-refractivity contribution in [3.05, 3.63) is 70.2 Å². The first-order chi connectivity index (χ1) is 17.4. The topological polar surface area (TPSA) is 161 Å². The number of amides is 1. The number of hydrogen-bond acceptors (Lipinski definition) is 8. The summed E-state index contributed by atoms with van der Waals surface area (Å²) in [4.78, 5) is 40.5.